The van der Waals surface area contributed by atoms with Crippen LogP contribution >= 0.6 is 0 Å². The van der Waals surface area contributed by atoms with Crippen LogP contribution in [0.4, 0.5) is 0 Å². The average molecular weight is 364 g/mol. The highest BCUT2D eigenvalue weighted by molar-refractivity contribution is 6.03. The van der Waals surface area contributed by atoms with Gasteiger partial charge in [-0.2, -0.15) is 0 Å². The maximum atomic E-state index is 12.4. The van der Waals surface area contributed by atoms with Crippen molar-refractivity contribution < 1.29 is 14.3 Å². The average Bonchev–Trinajstić information content (AvgIpc) is 2.90. The summed E-state index contributed by atoms with van der Waals surface area (Å²) in [5.41, 5.74) is 2.99. The summed E-state index contributed by atoms with van der Waals surface area (Å²) in [6, 6.07) is 13.6. The van der Waals surface area contributed by atoms with Crippen LogP contribution in [0.25, 0.3) is 22.4 Å². The number of rotatable bonds is 2. The molecule has 1 aliphatic heterocycles. The monoisotopic (exact) mass is 364 g/mol. The Hall–Kier alpha value is -2.82. The number of imidazole rings is 1. The molecule has 5 heteroatoms. The van der Waals surface area contributed by atoms with Gasteiger partial charge in [0.1, 0.15) is 23.2 Å². The van der Waals surface area contributed by atoms with E-state index in [0.29, 0.717) is 24.2 Å². The van der Waals surface area contributed by atoms with Gasteiger partial charge in [-0.3, -0.25) is 0 Å². The number of fused-ring (bicyclic) bond motifs is 5. The highest BCUT2D eigenvalue weighted by Gasteiger charge is 2.33. The molecular formula is C22H24N2O3. The molecule has 5 nitrogen and oxygen atoms in total. The number of esters is 1. The molecule has 1 aliphatic rings. The van der Waals surface area contributed by atoms with Crippen molar-refractivity contribution in [1.29, 1.82) is 0 Å². The second-order valence-corrected chi connectivity index (χ2v) is 7.91. The Morgan fingerprint density at radius 2 is 2.00 bits per heavy atom. The topological polar surface area (TPSA) is 53.3 Å². The fourth-order valence-electron chi connectivity index (χ4n) is 3.47. The second-order valence-electron chi connectivity index (χ2n) is 7.91. The number of hydrogen-bond donors (Lipinski definition) is 0. The van der Waals surface area contributed by atoms with Gasteiger partial charge < -0.3 is 14.0 Å². The van der Waals surface area contributed by atoms with Crippen LogP contribution in [0.5, 0.6) is 5.75 Å². The van der Waals surface area contributed by atoms with Crippen LogP contribution in [-0.2, 0) is 11.3 Å². The SMILES string of the molecule is CCOC(=O)c1cccc2c1nc1n2CC(C(C)(C)C)Oc2ccccc2-1. The highest BCUT2D eigenvalue weighted by Crippen LogP contribution is 2.39. The van der Waals surface area contributed by atoms with Crippen molar-refractivity contribution in [2.45, 2.75) is 40.3 Å². The molecule has 0 spiro atoms. The molecule has 0 saturated carbocycles. The predicted molar refractivity (Wildman–Crippen MR) is 105 cm³/mol. The molecule has 140 valence electrons. The lowest BCUT2D eigenvalue weighted by Crippen LogP contribution is -2.35. The molecule has 0 amide bonds. The van der Waals surface area contributed by atoms with Crippen molar-refractivity contribution in [3.63, 3.8) is 0 Å². The molecule has 1 aromatic heterocycles. The zero-order valence-corrected chi connectivity index (χ0v) is 16.2. The highest BCUT2D eigenvalue weighted by atomic mass is 16.5. The Bertz CT molecular complexity index is 1010. The lowest BCUT2D eigenvalue weighted by molar-refractivity contribution is 0.0528. The van der Waals surface area contributed by atoms with Crippen molar-refractivity contribution in [3.05, 3.63) is 48.0 Å². The molecule has 4 rings (SSSR count). The number of aromatic nitrogens is 2. The fraction of sp³-hybridized carbons (Fsp3) is 0.364. The number of benzene rings is 2. The first-order valence-corrected chi connectivity index (χ1v) is 9.32. The number of carbonyl (C=O) groups excluding carboxylic acids is 1. The Morgan fingerprint density at radius 3 is 2.74 bits per heavy atom. The van der Waals surface area contributed by atoms with Gasteiger partial charge in [-0.1, -0.05) is 39.0 Å². The molecule has 0 aliphatic carbocycles. The van der Waals surface area contributed by atoms with E-state index in [1.807, 2.05) is 43.3 Å². The Morgan fingerprint density at radius 1 is 1.22 bits per heavy atom. The Balaban J connectivity index is 1.98. The molecule has 0 saturated heterocycles. The Kier molecular flexibility index (Phi) is 4.17. The van der Waals surface area contributed by atoms with Crippen molar-refractivity contribution in [2.75, 3.05) is 6.61 Å². The minimum Gasteiger partial charge on any atom is -0.487 e. The summed E-state index contributed by atoms with van der Waals surface area (Å²) in [4.78, 5) is 17.3. The molecule has 0 N–H and O–H groups in total. The van der Waals surface area contributed by atoms with E-state index in [1.165, 1.54) is 0 Å². The van der Waals surface area contributed by atoms with E-state index in [0.717, 1.165) is 22.7 Å². The molecule has 0 fully saturated rings. The van der Waals surface area contributed by atoms with Crippen LogP contribution < -0.4 is 4.74 Å². The van der Waals surface area contributed by atoms with Crippen LogP contribution in [0, 0.1) is 5.41 Å². The summed E-state index contributed by atoms with van der Waals surface area (Å²) in [6.07, 6.45) is -0.0245. The van der Waals surface area contributed by atoms with Gasteiger partial charge in [0, 0.05) is 5.41 Å². The van der Waals surface area contributed by atoms with Gasteiger partial charge in [-0.15, -0.1) is 0 Å². The van der Waals surface area contributed by atoms with Crippen molar-refractivity contribution in [1.82, 2.24) is 9.55 Å². The van der Waals surface area contributed by atoms with Crippen LogP contribution in [0.1, 0.15) is 38.1 Å². The van der Waals surface area contributed by atoms with Gasteiger partial charge in [0.2, 0.25) is 0 Å². The minimum absolute atomic E-state index is 0.0245. The third-order valence-electron chi connectivity index (χ3n) is 4.99. The van der Waals surface area contributed by atoms with Gasteiger partial charge in [-0.05, 0) is 31.2 Å². The van der Waals surface area contributed by atoms with Gasteiger partial charge in [-0.25, -0.2) is 9.78 Å². The zero-order chi connectivity index (χ0) is 19.2. The van der Waals surface area contributed by atoms with E-state index in [4.69, 9.17) is 14.5 Å². The van der Waals surface area contributed by atoms with E-state index in [1.54, 1.807) is 6.07 Å². The summed E-state index contributed by atoms with van der Waals surface area (Å²) in [7, 11) is 0. The van der Waals surface area contributed by atoms with Gasteiger partial charge in [0.05, 0.1) is 29.8 Å². The standard InChI is InChI=1S/C22H24N2O3/c1-5-26-21(25)15-10-8-11-16-19(15)23-20-14-9-6-7-12-17(14)27-18(13-24(16)20)22(2,3)4/h6-12,18H,5,13H2,1-4H3. The molecule has 3 aromatic rings. The van der Waals surface area contributed by atoms with Gasteiger partial charge in [0.15, 0.2) is 0 Å². The van der Waals surface area contributed by atoms with E-state index in [9.17, 15) is 4.79 Å². The molecule has 0 bridgehead atoms. The fourth-order valence-corrected chi connectivity index (χ4v) is 3.47. The molecule has 2 heterocycles. The maximum Gasteiger partial charge on any atom is 0.340 e. The quantitative estimate of drug-likeness (QED) is 0.619. The number of carbonyl (C=O) groups is 1. The van der Waals surface area contributed by atoms with E-state index in [2.05, 4.69) is 25.3 Å². The number of nitrogens with zero attached hydrogens (tertiary/aromatic N) is 2. The summed E-state index contributed by atoms with van der Waals surface area (Å²) in [6.45, 7) is 9.33. The lowest BCUT2D eigenvalue weighted by atomic mass is 9.89. The molecule has 2 aromatic carbocycles. The summed E-state index contributed by atoms with van der Waals surface area (Å²) in [5.74, 6) is 1.31. The first kappa shape index (κ1) is 17.6. The van der Waals surface area contributed by atoms with Crippen LogP contribution in [0.15, 0.2) is 42.5 Å². The predicted octanol–water partition coefficient (Wildman–Crippen LogP) is 4.69. The first-order chi connectivity index (χ1) is 12.9. The van der Waals surface area contributed by atoms with Gasteiger partial charge >= 0.3 is 5.97 Å². The molecule has 1 unspecified atom stereocenters. The summed E-state index contributed by atoms with van der Waals surface area (Å²) < 4.78 is 13.8. The number of hydrogen-bond acceptors (Lipinski definition) is 4. The smallest absolute Gasteiger partial charge is 0.340 e. The van der Waals surface area contributed by atoms with Crippen molar-refractivity contribution in [3.8, 4) is 17.1 Å². The van der Waals surface area contributed by atoms with Crippen LogP contribution in [0.3, 0.4) is 0 Å². The van der Waals surface area contributed by atoms with Crippen LogP contribution in [-0.4, -0.2) is 28.2 Å². The third-order valence-corrected chi connectivity index (χ3v) is 4.99. The zero-order valence-electron chi connectivity index (χ0n) is 16.2. The summed E-state index contributed by atoms with van der Waals surface area (Å²) in [5, 5.41) is 0. The third kappa shape index (κ3) is 2.97. The number of para-hydroxylation sites is 2. The largest absolute Gasteiger partial charge is 0.487 e. The first-order valence-electron chi connectivity index (χ1n) is 9.32. The van der Waals surface area contributed by atoms with E-state index in [-0.39, 0.29) is 17.5 Å². The maximum absolute atomic E-state index is 12.4. The molecule has 0 radical (unpaired) electrons. The second kappa shape index (κ2) is 6.41. The van der Waals surface area contributed by atoms with E-state index >= 15 is 0 Å². The number of ether oxygens (including phenoxy) is 2. The lowest BCUT2D eigenvalue weighted by Gasteiger charge is -2.30. The molecular weight excluding hydrogens is 340 g/mol. The van der Waals surface area contributed by atoms with Crippen molar-refractivity contribution >= 4 is 17.0 Å². The van der Waals surface area contributed by atoms with Crippen LogP contribution in [0.2, 0.25) is 0 Å². The normalized spacial score (nSPS) is 16.2. The van der Waals surface area contributed by atoms with Gasteiger partial charge in [0.25, 0.3) is 0 Å². The van der Waals surface area contributed by atoms with E-state index < -0.39 is 0 Å². The summed E-state index contributed by atoms with van der Waals surface area (Å²) >= 11 is 0. The minimum atomic E-state index is -0.340. The molecule has 27 heavy (non-hydrogen) atoms. The molecule has 1 atom stereocenters. The Labute approximate surface area is 158 Å². The van der Waals surface area contributed by atoms with Crippen molar-refractivity contribution in [2.24, 2.45) is 5.41 Å².